The molecule has 2 fully saturated rings. The molecule has 1 aliphatic heterocycles. The van der Waals surface area contributed by atoms with Crippen molar-refractivity contribution in [3.8, 4) is 17.2 Å². The number of carbonyl (C=O) groups is 1. The van der Waals surface area contributed by atoms with Gasteiger partial charge in [0.05, 0.1) is 23.1 Å². The smallest absolute Gasteiger partial charge is 0.257 e. The zero-order chi connectivity index (χ0) is 22.9. The van der Waals surface area contributed by atoms with Crippen molar-refractivity contribution in [2.24, 2.45) is 0 Å². The van der Waals surface area contributed by atoms with Crippen molar-refractivity contribution >= 4 is 5.91 Å². The van der Waals surface area contributed by atoms with E-state index in [-0.39, 0.29) is 17.6 Å². The first-order chi connectivity index (χ1) is 16.1. The maximum Gasteiger partial charge on any atom is 0.257 e. The van der Waals surface area contributed by atoms with Crippen LogP contribution in [0.25, 0.3) is 17.2 Å². The van der Waals surface area contributed by atoms with Crippen LogP contribution < -0.4 is 0 Å². The van der Waals surface area contributed by atoms with Gasteiger partial charge in [0.15, 0.2) is 0 Å². The van der Waals surface area contributed by atoms with Gasteiger partial charge >= 0.3 is 0 Å². The van der Waals surface area contributed by atoms with Gasteiger partial charge in [-0.1, -0.05) is 26.0 Å². The Kier molecular flexibility index (Phi) is 5.93. The number of likely N-dealkylation sites (tertiary alicyclic amines) is 1. The van der Waals surface area contributed by atoms with Gasteiger partial charge in [-0.2, -0.15) is 5.10 Å². The zero-order valence-corrected chi connectivity index (χ0v) is 19.1. The molecule has 1 saturated heterocycles. The number of nitrogens with zero attached hydrogens (tertiary/aromatic N) is 6. The third-order valence-corrected chi connectivity index (χ3v) is 6.76. The van der Waals surface area contributed by atoms with Crippen molar-refractivity contribution < 1.29 is 9.18 Å². The molecule has 2 aliphatic rings. The summed E-state index contributed by atoms with van der Waals surface area (Å²) in [5.74, 6) is 0.327. The van der Waals surface area contributed by atoms with Crippen LogP contribution in [0.15, 0.2) is 42.7 Å². The molecule has 2 aromatic heterocycles. The highest BCUT2D eigenvalue weighted by atomic mass is 19.1. The topological polar surface area (TPSA) is 67.2 Å². The van der Waals surface area contributed by atoms with E-state index >= 15 is 0 Å². The van der Waals surface area contributed by atoms with Crippen LogP contribution in [0.3, 0.4) is 0 Å². The fraction of sp³-hybridized carbons (Fsp3) is 0.440. The first-order valence-corrected chi connectivity index (χ1v) is 11.8. The lowest BCUT2D eigenvalue weighted by atomic mass is 10.1. The molecule has 33 heavy (non-hydrogen) atoms. The maximum absolute atomic E-state index is 14.3. The lowest BCUT2D eigenvalue weighted by Gasteiger charge is -2.26. The molecule has 1 amide bonds. The predicted molar refractivity (Wildman–Crippen MR) is 124 cm³/mol. The number of amides is 1. The summed E-state index contributed by atoms with van der Waals surface area (Å²) >= 11 is 0. The van der Waals surface area contributed by atoms with Gasteiger partial charge in [0.2, 0.25) is 0 Å². The average molecular weight is 449 g/mol. The predicted octanol–water partition coefficient (Wildman–Crippen LogP) is 3.90. The Morgan fingerprint density at radius 1 is 1.15 bits per heavy atom. The van der Waals surface area contributed by atoms with E-state index in [1.807, 2.05) is 4.90 Å². The van der Waals surface area contributed by atoms with Gasteiger partial charge in [-0.05, 0) is 50.6 Å². The highest BCUT2D eigenvalue weighted by Crippen LogP contribution is 2.42. The molecule has 172 valence electrons. The zero-order valence-electron chi connectivity index (χ0n) is 19.1. The van der Waals surface area contributed by atoms with Gasteiger partial charge in [0, 0.05) is 36.8 Å². The van der Waals surface area contributed by atoms with Crippen molar-refractivity contribution in [3.05, 3.63) is 59.8 Å². The normalized spacial score (nSPS) is 18.3. The van der Waals surface area contributed by atoms with E-state index in [2.05, 4.69) is 33.8 Å². The van der Waals surface area contributed by atoms with Gasteiger partial charge in [-0.25, -0.2) is 19.0 Å². The molecule has 0 N–H and O–H groups in total. The van der Waals surface area contributed by atoms with E-state index in [0.29, 0.717) is 28.8 Å². The first-order valence-electron chi connectivity index (χ1n) is 11.8. The Balaban J connectivity index is 1.45. The molecule has 0 unspecified atom stereocenters. The fourth-order valence-electron chi connectivity index (χ4n) is 4.84. The summed E-state index contributed by atoms with van der Waals surface area (Å²) in [4.78, 5) is 26.8. The van der Waals surface area contributed by atoms with Gasteiger partial charge in [-0.15, -0.1) is 0 Å². The van der Waals surface area contributed by atoms with Crippen molar-refractivity contribution in [1.82, 2.24) is 29.5 Å². The summed E-state index contributed by atoms with van der Waals surface area (Å²) in [6, 6.07) is 8.64. The maximum atomic E-state index is 14.3. The standard InChI is InChI=1S/C25H29FN6O/c1-3-30(4-2)18-12-14-31(16-18)24(33)20-15-28-32(23(20)17-9-10-17)25-27-13-11-22(29-25)19-7-5-6-8-21(19)26/h5-8,11,13,15,17-18H,3-4,9-10,12,14,16H2,1-2H3/t18-/m1/s1. The number of hydrogen-bond donors (Lipinski definition) is 0. The highest BCUT2D eigenvalue weighted by molar-refractivity contribution is 5.95. The second kappa shape index (κ2) is 9.02. The second-order valence-corrected chi connectivity index (χ2v) is 8.77. The van der Waals surface area contributed by atoms with Gasteiger partial charge in [0.25, 0.3) is 11.9 Å². The SMILES string of the molecule is CCN(CC)[C@@H]1CCN(C(=O)c2cnn(-c3nccc(-c4ccccc4F)n3)c2C2CC2)C1. The van der Waals surface area contributed by atoms with Crippen molar-refractivity contribution in [1.29, 1.82) is 0 Å². The van der Waals surface area contributed by atoms with Crippen LogP contribution >= 0.6 is 0 Å². The molecule has 3 aromatic rings. The summed E-state index contributed by atoms with van der Waals surface area (Å²) in [5.41, 5.74) is 2.41. The Hall–Kier alpha value is -3.13. The number of hydrogen-bond acceptors (Lipinski definition) is 5. The van der Waals surface area contributed by atoms with Crippen LogP contribution in [0.5, 0.6) is 0 Å². The highest BCUT2D eigenvalue weighted by Gasteiger charge is 2.37. The summed E-state index contributed by atoms with van der Waals surface area (Å²) in [7, 11) is 0. The number of halogens is 1. The minimum absolute atomic E-state index is 0.0306. The molecule has 1 atom stereocenters. The van der Waals surface area contributed by atoms with Gasteiger partial charge in [0.1, 0.15) is 5.82 Å². The van der Waals surface area contributed by atoms with Crippen LogP contribution in [-0.4, -0.2) is 67.7 Å². The number of carbonyl (C=O) groups excluding carboxylic acids is 1. The summed E-state index contributed by atoms with van der Waals surface area (Å²) in [6.07, 6.45) is 6.29. The third kappa shape index (κ3) is 4.15. The number of aromatic nitrogens is 4. The summed E-state index contributed by atoms with van der Waals surface area (Å²) < 4.78 is 16.0. The van der Waals surface area contributed by atoms with E-state index in [1.54, 1.807) is 41.3 Å². The number of rotatable bonds is 7. The van der Waals surface area contributed by atoms with Crippen LogP contribution in [0.4, 0.5) is 4.39 Å². The Labute approximate surface area is 193 Å². The van der Waals surface area contributed by atoms with E-state index < -0.39 is 0 Å². The largest absolute Gasteiger partial charge is 0.337 e. The molecule has 1 saturated carbocycles. The molecular formula is C25H29FN6O. The van der Waals surface area contributed by atoms with Crippen molar-refractivity contribution in [2.75, 3.05) is 26.2 Å². The summed E-state index contributed by atoms with van der Waals surface area (Å²) in [6.45, 7) is 7.81. The Morgan fingerprint density at radius 3 is 2.67 bits per heavy atom. The average Bonchev–Trinajstić information content (AvgIpc) is 3.39. The molecule has 0 spiro atoms. The third-order valence-electron chi connectivity index (χ3n) is 6.76. The minimum Gasteiger partial charge on any atom is -0.337 e. The molecule has 3 heterocycles. The molecule has 0 bridgehead atoms. The molecule has 1 aromatic carbocycles. The van der Waals surface area contributed by atoms with E-state index in [1.165, 1.54) is 6.07 Å². The Bertz CT molecular complexity index is 1150. The van der Waals surface area contributed by atoms with E-state index in [0.717, 1.165) is 51.1 Å². The van der Waals surface area contributed by atoms with Crippen LogP contribution in [0.2, 0.25) is 0 Å². The lowest BCUT2D eigenvalue weighted by molar-refractivity contribution is 0.0776. The van der Waals surface area contributed by atoms with Gasteiger partial charge in [-0.3, -0.25) is 9.69 Å². The molecule has 0 radical (unpaired) electrons. The second-order valence-electron chi connectivity index (χ2n) is 8.77. The molecule has 1 aliphatic carbocycles. The molecule has 8 heteroatoms. The molecule has 5 rings (SSSR count). The first kappa shape index (κ1) is 21.7. The monoisotopic (exact) mass is 448 g/mol. The van der Waals surface area contributed by atoms with E-state index in [9.17, 15) is 9.18 Å². The van der Waals surface area contributed by atoms with E-state index in [4.69, 9.17) is 0 Å². The lowest BCUT2D eigenvalue weighted by Crippen LogP contribution is -2.38. The van der Waals surface area contributed by atoms with Crippen LogP contribution in [0.1, 0.15) is 55.1 Å². The quantitative estimate of drug-likeness (QED) is 0.548. The van der Waals surface area contributed by atoms with Gasteiger partial charge < -0.3 is 4.90 Å². The molecular weight excluding hydrogens is 419 g/mol. The van der Waals surface area contributed by atoms with Crippen molar-refractivity contribution in [2.45, 2.75) is 45.1 Å². The fourth-order valence-corrected chi connectivity index (χ4v) is 4.84. The van der Waals surface area contributed by atoms with Crippen molar-refractivity contribution in [3.63, 3.8) is 0 Å². The number of benzene rings is 1. The Morgan fingerprint density at radius 2 is 1.94 bits per heavy atom. The summed E-state index contributed by atoms with van der Waals surface area (Å²) in [5, 5.41) is 4.52. The molecule has 7 nitrogen and oxygen atoms in total. The van der Waals surface area contributed by atoms with Crippen LogP contribution in [0, 0.1) is 5.82 Å². The minimum atomic E-state index is -0.335. The number of likely N-dealkylation sites (N-methyl/N-ethyl adjacent to an activating group) is 1. The van der Waals surface area contributed by atoms with Crippen LogP contribution in [-0.2, 0) is 0 Å².